The fourth-order valence-electron chi connectivity index (χ4n) is 2.45. The van der Waals surface area contributed by atoms with Gasteiger partial charge in [-0.05, 0) is 43.0 Å². The molecule has 0 radical (unpaired) electrons. The summed E-state index contributed by atoms with van der Waals surface area (Å²) >= 11 is 0. The molecular weight excluding hydrogens is 246 g/mol. The van der Waals surface area contributed by atoms with Crippen LogP contribution in [0.2, 0.25) is 0 Å². The molecule has 3 nitrogen and oxygen atoms in total. The molecule has 0 saturated carbocycles. The average Bonchev–Trinajstić information content (AvgIpc) is 2.39. The van der Waals surface area contributed by atoms with Crippen molar-refractivity contribution in [2.75, 3.05) is 23.7 Å². The summed E-state index contributed by atoms with van der Waals surface area (Å²) in [6.45, 7) is 6.09. The highest BCUT2D eigenvalue weighted by molar-refractivity contribution is 7.91. The number of benzene rings is 1. The van der Waals surface area contributed by atoms with Crippen LogP contribution in [-0.2, 0) is 9.84 Å². The van der Waals surface area contributed by atoms with E-state index in [-0.39, 0.29) is 5.75 Å². The first kappa shape index (κ1) is 13.4. The second-order valence-corrected chi connectivity index (χ2v) is 7.37. The van der Waals surface area contributed by atoms with Gasteiger partial charge >= 0.3 is 0 Å². The van der Waals surface area contributed by atoms with E-state index < -0.39 is 9.84 Å². The molecule has 1 aliphatic heterocycles. The maximum Gasteiger partial charge on any atom is 0.178 e. The predicted octanol–water partition coefficient (Wildman–Crippen LogP) is 2.72. The van der Waals surface area contributed by atoms with Crippen LogP contribution in [0.4, 0.5) is 5.69 Å². The lowest BCUT2D eigenvalue weighted by atomic mass is 10.00. The third-order valence-corrected chi connectivity index (χ3v) is 5.35. The van der Waals surface area contributed by atoms with E-state index in [1.54, 1.807) is 19.1 Å². The standard InChI is InChI=1S/C14H21NO2S/c1-3-18(16,17)14-8-6-13(7-9-14)15-10-4-5-12(2)11-15/h6-9,12H,3-5,10-11H2,1-2H3. The Kier molecular flexibility index (Phi) is 3.95. The molecule has 1 aromatic rings. The second kappa shape index (κ2) is 5.31. The highest BCUT2D eigenvalue weighted by Gasteiger charge is 2.17. The number of piperidine rings is 1. The molecule has 0 bridgehead atoms. The topological polar surface area (TPSA) is 37.4 Å². The molecule has 18 heavy (non-hydrogen) atoms. The molecule has 1 heterocycles. The minimum absolute atomic E-state index is 0.160. The summed E-state index contributed by atoms with van der Waals surface area (Å²) in [6.07, 6.45) is 2.51. The fourth-order valence-corrected chi connectivity index (χ4v) is 3.34. The number of anilines is 1. The predicted molar refractivity (Wildman–Crippen MR) is 74.8 cm³/mol. The number of hydrogen-bond acceptors (Lipinski definition) is 3. The maximum atomic E-state index is 11.7. The molecule has 1 aliphatic rings. The van der Waals surface area contributed by atoms with E-state index in [0.29, 0.717) is 4.90 Å². The van der Waals surface area contributed by atoms with Crippen LogP contribution in [-0.4, -0.2) is 27.3 Å². The van der Waals surface area contributed by atoms with Gasteiger partial charge in [0.25, 0.3) is 0 Å². The summed E-state index contributed by atoms with van der Waals surface area (Å²) in [5.74, 6) is 0.880. The SMILES string of the molecule is CCS(=O)(=O)c1ccc(N2CCCC(C)C2)cc1. The van der Waals surface area contributed by atoms with E-state index in [1.165, 1.54) is 12.8 Å². The lowest BCUT2D eigenvalue weighted by Gasteiger charge is -2.32. The summed E-state index contributed by atoms with van der Waals surface area (Å²) in [7, 11) is -3.07. The van der Waals surface area contributed by atoms with Crippen molar-refractivity contribution in [3.05, 3.63) is 24.3 Å². The van der Waals surface area contributed by atoms with Crippen molar-refractivity contribution >= 4 is 15.5 Å². The highest BCUT2D eigenvalue weighted by atomic mass is 32.2. The maximum absolute atomic E-state index is 11.7. The van der Waals surface area contributed by atoms with E-state index in [9.17, 15) is 8.42 Å². The monoisotopic (exact) mass is 267 g/mol. The zero-order chi connectivity index (χ0) is 13.2. The van der Waals surface area contributed by atoms with Crippen molar-refractivity contribution in [2.24, 2.45) is 5.92 Å². The first-order chi connectivity index (χ1) is 8.53. The summed E-state index contributed by atoms with van der Waals surface area (Å²) in [6, 6.07) is 7.32. The molecule has 1 atom stereocenters. The molecule has 1 fully saturated rings. The average molecular weight is 267 g/mol. The van der Waals surface area contributed by atoms with Gasteiger partial charge in [-0.25, -0.2) is 8.42 Å². The molecule has 0 aromatic heterocycles. The van der Waals surface area contributed by atoms with Gasteiger partial charge in [-0.1, -0.05) is 13.8 Å². The van der Waals surface area contributed by atoms with Crippen LogP contribution in [0.25, 0.3) is 0 Å². The molecule has 0 N–H and O–H groups in total. The van der Waals surface area contributed by atoms with E-state index >= 15 is 0 Å². The summed E-state index contributed by atoms with van der Waals surface area (Å²) in [4.78, 5) is 2.77. The van der Waals surface area contributed by atoms with Crippen molar-refractivity contribution in [2.45, 2.75) is 31.6 Å². The normalized spacial score (nSPS) is 21.0. The van der Waals surface area contributed by atoms with Crippen molar-refractivity contribution in [3.8, 4) is 0 Å². The second-order valence-electron chi connectivity index (χ2n) is 5.09. The number of sulfone groups is 1. The Balaban J connectivity index is 2.17. The van der Waals surface area contributed by atoms with E-state index in [1.807, 2.05) is 12.1 Å². The molecule has 1 aromatic carbocycles. The Morgan fingerprint density at radius 3 is 2.50 bits per heavy atom. The van der Waals surface area contributed by atoms with Gasteiger partial charge < -0.3 is 4.90 Å². The van der Waals surface area contributed by atoms with Crippen LogP contribution in [0.15, 0.2) is 29.2 Å². The Hall–Kier alpha value is -1.03. The molecule has 1 unspecified atom stereocenters. The highest BCUT2D eigenvalue weighted by Crippen LogP contribution is 2.24. The summed E-state index contributed by atoms with van der Waals surface area (Å²) in [5, 5.41) is 0. The van der Waals surface area contributed by atoms with Crippen molar-refractivity contribution in [3.63, 3.8) is 0 Å². The summed E-state index contributed by atoms with van der Waals surface area (Å²) in [5.41, 5.74) is 1.14. The quantitative estimate of drug-likeness (QED) is 0.845. The summed E-state index contributed by atoms with van der Waals surface area (Å²) < 4.78 is 23.5. The Morgan fingerprint density at radius 2 is 1.94 bits per heavy atom. The molecule has 2 rings (SSSR count). The van der Waals surface area contributed by atoms with Gasteiger partial charge in [0.2, 0.25) is 0 Å². The minimum Gasteiger partial charge on any atom is -0.371 e. The van der Waals surface area contributed by atoms with Gasteiger partial charge in [-0.2, -0.15) is 0 Å². The number of nitrogens with zero attached hydrogens (tertiary/aromatic N) is 1. The van der Waals surface area contributed by atoms with Crippen molar-refractivity contribution < 1.29 is 8.42 Å². The fraction of sp³-hybridized carbons (Fsp3) is 0.571. The van der Waals surface area contributed by atoms with E-state index in [4.69, 9.17) is 0 Å². The van der Waals surface area contributed by atoms with Gasteiger partial charge in [0, 0.05) is 18.8 Å². The first-order valence-corrected chi connectivity index (χ1v) is 8.26. The van der Waals surface area contributed by atoms with Crippen LogP contribution in [0.1, 0.15) is 26.7 Å². The van der Waals surface area contributed by atoms with Gasteiger partial charge in [0.05, 0.1) is 10.6 Å². The van der Waals surface area contributed by atoms with Crippen molar-refractivity contribution in [1.29, 1.82) is 0 Å². The van der Waals surface area contributed by atoms with Crippen LogP contribution >= 0.6 is 0 Å². The van der Waals surface area contributed by atoms with Gasteiger partial charge in [0.1, 0.15) is 0 Å². The molecule has 0 aliphatic carbocycles. The zero-order valence-corrected chi connectivity index (χ0v) is 11.9. The van der Waals surface area contributed by atoms with Crippen LogP contribution in [0, 0.1) is 5.92 Å². The Morgan fingerprint density at radius 1 is 1.28 bits per heavy atom. The number of hydrogen-bond donors (Lipinski definition) is 0. The largest absolute Gasteiger partial charge is 0.371 e. The smallest absolute Gasteiger partial charge is 0.178 e. The first-order valence-electron chi connectivity index (χ1n) is 6.60. The van der Waals surface area contributed by atoms with Crippen molar-refractivity contribution in [1.82, 2.24) is 0 Å². The molecule has 1 saturated heterocycles. The lowest BCUT2D eigenvalue weighted by Crippen LogP contribution is -2.34. The van der Waals surface area contributed by atoms with Gasteiger partial charge in [-0.3, -0.25) is 0 Å². The third kappa shape index (κ3) is 2.86. The van der Waals surface area contributed by atoms with Gasteiger partial charge in [-0.15, -0.1) is 0 Å². The van der Waals surface area contributed by atoms with Crippen LogP contribution in [0.3, 0.4) is 0 Å². The van der Waals surface area contributed by atoms with Gasteiger partial charge in [0.15, 0.2) is 9.84 Å². The molecular formula is C14H21NO2S. The molecule has 0 amide bonds. The number of rotatable bonds is 3. The van der Waals surface area contributed by atoms with E-state index in [0.717, 1.165) is 24.7 Å². The Labute approximate surface area is 110 Å². The third-order valence-electron chi connectivity index (χ3n) is 3.60. The lowest BCUT2D eigenvalue weighted by molar-refractivity contribution is 0.447. The van der Waals surface area contributed by atoms with E-state index in [2.05, 4.69) is 11.8 Å². The molecule has 4 heteroatoms. The molecule has 100 valence electrons. The van der Waals surface area contributed by atoms with Crippen LogP contribution in [0.5, 0.6) is 0 Å². The van der Waals surface area contributed by atoms with Crippen LogP contribution < -0.4 is 4.90 Å². The molecule has 0 spiro atoms. The minimum atomic E-state index is -3.07. The zero-order valence-electron chi connectivity index (χ0n) is 11.1. The Bertz CT molecular complexity index is 493.